The zero-order valence-electron chi connectivity index (χ0n) is 19.2. The Balaban J connectivity index is 1.70. The number of amides is 3. The van der Waals surface area contributed by atoms with Crippen molar-refractivity contribution in [3.63, 3.8) is 0 Å². The van der Waals surface area contributed by atoms with E-state index < -0.39 is 11.5 Å². The fraction of sp³-hybridized carbons (Fsp3) is 0.625. The third kappa shape index (κ3) is 5.79. The fourth-order valence-electron chi connectivity index (χ4n) is 4.44. The van der Waals surface area contributed by atoms with Crippen LogP contribution in [0.5, 0.6) is 5.75 Å². The largest absolute Gasteiger partial charge is 0.496 e. The standard InChI is InChI=1S/C24H35N3O5/c1-18-21(28)25-13-7-17-32-16-6-5-10-24(23(30)26-18)11-14-27(15-12-24)22(29)19-8-3-4-9-20(19)31-2/h3-4,8-9,18H,5-7,10-17H2,1-2H3,(H,25,28)(H,26,30)/t18-/m0/s1. The fourth-order valence-corrected chi connectivity index (χ4v) is 4.44. The molecule has 0 aliphatic carbocycles. The van der Waals surface area contributed by atoms with Crippen molar-refractivity contribution >= 4 is 17.7 Å². The Kier molecular flexibility index (Phi) is 8.50. The number of benzene rings is 1. The van der Waals surface area contributed by atoms with Crippen molar-refractivity contribution in [2.45, 2.75) is 51.5 Å². The lowest BCUT2D eigenvalue weighted by Crippen LogP contribution is -2.54. The molecule has 2 aliphatic rings. The Morgan fingerprint density at radius 1 is 1.09 bits per heavy atom. The summed E-state index contributed by atoms with van der Waals surface area (Å²) >= 11 is 0. The zero-order chi connectivity index (χ0) is 23.0. The molecule has 3 amide bonds. The van der Waals surface area contributed by atoms with Crippen molar-refractivity contribution in [3.05, 3.63) is 29.8 Å². The van der Waals surface area contributed by atoms with E-state index in [1.54, 1.807) is 31.1 Å². The number of carbonyl (C=O) groups is 3. The summed E-state index contributed by atoms with van der Waals surface area (Å²) in [5.74, 6) is 0.185. The number of nitrogens with zero attached hydrogens (tertiary/aromatic N) is 1. The topological polar surface area (TPSA) is 97.0 Å². The molecule has 2 aliphatic heterocycles. The molecule has 1 spiro atoms. The van der Waals surface area contributed by atoms with E-state index >= 15 is 0 Å². The van der Waals surface area contributed by atoms with Crippen molar-refractivity contribution in [2.75, 3.05) is 40.0 Å². The number of hydrogen-bond acceptors (Lipinski definition) is 5. The van der Waals surface area contributed by atoms with Crippen LogP contribution >= 0.6 is 0 Å². The van der Waals surface area contributed by atoms with Crippen LogP contribution in [0.1, 0.15) is 55.8 Å². The van der Waals surface area contributed by atoms with Gasteiger partial charge in [0.05, 0.1) is 18.1 Å². The van der Waals surface area contributed by atoms with Crippen LogP contribution in [0.4, 0.5) is 0 Å². The molecule has 0 aromatic heterocycles. The molecular weight excluding hydrogens is 410 g/mol. The van der Waals surface area contributed by atoms with Crippen LogP contribution in [0, 0.1) is 5.41 Å². The summed E-state index contributed by atoms with van der Waals surface area (Å²) in [6.45, 7) is 4.49. The normalized spacial score (nSPS) is 23.1. The van der Waals surface area contributed by atoms with Gasteiger partial charge < -0.3 is 25.0 Å². The van der Waals surface area contributed by atoms with Gasteiger partial charge in [-0.2, -0.15) is 0 Å². The number of methoxy groups -OCH3 is 1. The zero-order valence-corrected chi connectivity index (χ0v) is 19.2. The van der Waals surface area contributed by atoms with Crippen molar-refractivity contribution in [2.24, 2.45) is 5.41 Å². The monoisotopic (exact) mass is 445 g/mol. The van der Waals surface area contributed by atoms with Crippen LogP contribution in [-0.4, -0.2) is 68.6 Å². The number of ether oxygens (including phenoxy) is 2. The Bertz CT molecular complexity index is 805. The first-order valence-electron chi connectivity index (χ1n) is 11.6. The van der Waals surface area contributed by atoms with E-state index in [0.717, 1.165) is 19.3 Å². The number of carbonyl (C=O) groups excluding carboxylic acids is 3. The molecule has 3 rings (SSSR count). The minimum absolute atomic E-state index is 0.0836. The molecule has 1 aromatic carbocycles. The van der Waals surface area contributed by atoms with Gasteiger partial charge >= 0.3 is 0 Å². The second-order valence-corrected chi connectivity index (χ2v) is 8.68. The van der Waals surface area contributed by atoms with E-state index in [9.17, 15) is 14.4 Å². The number of para-hydroxylation sites is 1. The maximum Gasteiger partial charge on any atom is 0.257 e. The van der Waals surface area contributed by atoms with E-state index in [2.05, 4.69) is 10.6 Å². The molecule has 2 saturated heterocycles. The minimum atomic E-state index is -0.600. The average Bonchev–Trinajstić information content (AvgIpc) is 2.82. The summed E-state index contributed by atoms with van der Waals surface area (Å²) in [6, 6.07) is 6.59. The van der Waals surface area contributed by atoms with E-state index in [4.69, 9.17) is 9.47 Å². The summed E-state index contributed by atoms with van der Waals surface area (Å²) in [7, 11) is 1.55. The highest BCUT2D eigenvalue weighted by molar-refractivity contribution is 5.97. The van der Waals surface area contributed by atoms with Gasteiger partial charge in [0.15, 0.2) is 0 Å². The van der Waals surface area contributed by atoms with Crippen LogP contribution < -0.4 is 15.4 Å². The van der Waals surface area contributed by atoms with Gasteiger partial charge in [0.25, 0.3) is 5.91 Å². The van der Waals surface area contributed by atoms with E-state index in [-0.39, 0.29) is 17.7 Å². The minimum Gasteiger partial charge on any atom is -0.496 e. The van der Waals surface area contributed by atoms with Crippen LogP contribution in [0.2, 0.25) is 0 Å². The number of likely N-dealkylation sites (tertiary alicyclic amines) is 1. The lowest BCUT2D eigenvalue weighted by Gasteiger charge is -2.41. The first kappa shape index (κ1) is 24.0. The lowest BCUT2D eigenvalue weighted by molar-refractivity contribution is -0.137. The van der Waals surface area contributed by atoms with Gasteiger partial charge in [-0.15, -0.1) is 0 Å². The second-order valence-electron chi connectivity index (χ2n) is 8.68. The van der Waals surface area contributed by atoms with Gasteiger partial charge in [-0.1, -0.05) is 18.6 Å². The van der Waals surface area contributed by atoms with Gasteiger partial charge in [-0.25, -0.2) is 0 Å². The SMILES string of the molecule is COc1ccccc1C(=O)N1CCC2(CCCCOCCCNC(=O)[C@H](C)NC2=O)CC1. The first-order chi connectivity index (χ1) is 15.5. The molecule has 2 heterocycles. The van der Waals surface area contributed by atoms with Crippen LogP contribution in [0.3, 0.4) is 0 Å². The number of piperidine rings is 1. The highest BCUT2D eigenvalue weighted by Crippen LogP contribution is 2.38. The Labute approximate surface area is 190 Å². The average molecular weight is 446 g/mol. The second kappa shape index (κ2) is 11.3. The Morgan fingerprint density at radius 3 is 2.56 bits per heavy atom. The molecule has 176 valence electrons. The molecule has 1 aromatic rings. The molecule has 32 heavy (non-hydrogen) atoms. The van der Waals surface area contributed by atoms with E-state index in [0.29, 0.717) is 63.4 Å². The molecule has 8 heteroatoms. The maximum absolute atomic E-state index is 13.3. The van der Waals surface area contributed by atoms with Crippen molar-refractivity contribution < 1.29 is 23.9 Å². The smallest absolute Gasteiger partial charge is 0.257 e. The number of rotatable bonds is 2. The van der Waals surface area contributed by atoms with Crippen molar-refractivity contribution in [3.8, 4) is 5.75 Å². The molecule has 0 radical (unpaired) electrons. The van der Waals surface area contributed by atoms with Gasteiger partial charge in [-0.05, 0) is 51.2 Å². The Hall–Kier alpha value is -2.61. The maximum atomic E-state index is 13.3. The predicted octanol–water partition coefficient (Wildman–Crippen LogP) is 2.13. The molecule has 0 saturated carbocycles. The summed E-state index contributed by atoms with van der Waals surface area (Å²) in [6.07, 6.45) is 4.36. The summed E-state index contributed by atoms with van der Waals surface area (Å²) in [5.41, 5.74) is -0.0557. The molecule has 2 fully saturated rings. The highest BCUT2D eigenvalue weighted by Gasteiger charge is 2.42. The highest BCUT2D eigenvalue weighted by atomic mass is 16.5. The van der Waals surface area contributed by atoms with Crippen LogP contribution in [0.25, 0.3) is 0 Å². The first-order valence-corrected chi connectivity index (χ1v) is 11.6. The molecule has 8 nitrogen and oxygen atoms in total. The quantitative estimate of drug-likeness (QED) is 0.727. The number of nitrogens with one attached hydrogen (secondary N) is 2. The van der Waals surface area contributed by atoms with Gasteiger partial charge in [0.2, 0.25) is 11.8 Å². The lowest BCUT2D eigenvalue weighted by atomic mass is 9.73. The number of hydrogen-bond donors (Lipinski definition) is 2. The van der Waals surface area contributed by atoms with E-state index in [1.807, 2.05) is 12.1 Å². The molecule has 1 atom stereocenters. The third-order valence-corrected chi connectivity index (χ3v) is 6.53. The summed E-state index contributed by atoms with van der Waals surface area (Å²) < 4.78 is 11.0. The van der Waals surface area contributed by atoms with Crippen molar-refractivity contribution in [1.29, 1.82) is 0 Å². The third-order valence-electron chi connectivity index (χ3n) is 6.53. The van der Waals surface area contributed by atoms with Crippen LogP contribution in [-0.2, 0) is 14.3 Å². The van der Waals surface area contributed by atoms with Crippen molar-refractivity contribution in [1.82, 2.24) is 15.5 Å². The van der Waals surface area contributed by atoms with E-state index in [1.165, 1.54) is 0 Å². The van der Waals surface area contributed by atoms with Gasteiger partial charge in [-0.3, -0.25) is 14.4 Å². The Morgan fingerprint density at radius 2 is 1.81 bits per heavy atom. The summed E-state index contributed by atoms with van der Waals surface area (Å²) in [5, 5.41) is 5.78. The molecule has 0 bridgehead atoms. The summed E-state index contributed by atoms with van der Waals surface area (Å²) in [4.78, 5) is 40.5. The predicted molar refractivity (Wildman–Crippen MR) is 120 cm³/mol. The molecule has 0 unspecified atom stereocenters. The molecular formula is C24H35N3O5. The van der Waals surface area contributed by atoms with Crippen LogP contribution in [0.15, 0.2) is 24.3 Å². The molecule has 2 N–H and O–H groups in total. The van der Waals surface area contributed by atoms with Gasteiger partial charge in [0.1, 0.15) is 11.8 Å². The van der Waals surface area contributed by atoms with Gasteiger partial charge in [0, 0.05) is 32.8 Å².